The van der Waals surface area contributed by atoms with Crippen molar-refractivity contribution in [1.82, 2.24) is 0 Å². The van der Waals surface area contributed by atoms with Crippen LogP contribution in [0, 0.1) is 57.7 Å². The number of rotatable bonds is 5. The summed E-state index contributed by atoms with van der Waals surface area (Å²) in [6.45, 7) is 27.6. The molecule has 11 heteroatoms. The summed E-state index contributed by atoms with van der Waals surface area (Å²) >= 11 is 0. The monoisotopic (exact) mass is 734 g/mol. The topological polar surface area (TPSA) is 101 Å². The molecule has 0 aromatic rings. The van der Waals surface area contributed by atoms with Gasteiger partial charge in [-0.25, -0.2) is 0 Å². The van der Waals surface area contributed by atoms with Crippen molar-refractivity contribution in [3.8, 4) is 0 Å². The van der Waals surface area contributed by atoms with Gasteiger partial charge in [-0.2, -0.15) is 13.2 Å². The van der Waals surface area contributed by atoms with E-state index in [1.54, 1.807) is 13.8 Å². The lowest BCUT2D eigenvalue weighted by molar-refractivity contribution is -0.297. The van der Waals surface area contributed by atoms with Crippen molar-refractivity contribution in [3.05, 3.63) is 0 Å². The Kier molecular flexibility index (Phi) is 14.0. The Balaban J connectivity index is 2.22. The smallest absolute Gasteiger partial charge is 0.400 e. The molecular weight excluding hydrogens is 665 g/mol. The normalized spacial score (nSPS) is 46.2. The second kappa shape index (κ2) is 16.2. The first-order valence-electron chi connectivity index (χ1n) is 19.3. The van der Waals surface area contributed by atoms with Crippen molar-refractivity contribution in [3.63, 3.8) is 0 Å². The molecular formula is C40H69F3O8. The zero-order valence-electron chi connectivity index (χ0n) is 33.9. The number of esters is 1. The van der Waals surface area contributed by atoms with Gasteiger partial charge in [-0.15, -0.1) is 0 Å². The molecule has 0 amide bonds. The van der Waals surface area contributed by atoms with Gasteiger partial charge >= 0.3 is 12.1 Å². The Morgan fingerprint density at radius 2 is 1.41 bits per heavy atom. The Morgan fingerprint density at radius 3 is 1.94 bits per heavy atom. The van der Waals surface area contributed by atoms with Crippen LogP contribution in [0.25, 0.3) is 0 Å². The largest absolute Gasteiger partial charge is 0.461 e. The quantitative estimate of drug-likeness (QED) is 0.280. The molecule has 8 nitrogen and oxygen atoms in total. The summed E-state index contributed by atoms with van der Waals surface area (Å²) < 4.78 is 77.5. The van der Waals surface area contributed by atoms with E-state index in [0.29, 0.717) is 12.3 Å². The number of halogens is 3. The maximum absolute atomic E-state index is 15.0. The number of alkyl halides is 3. The maximum atomic E-state index is 15.0. The second-order valence-corrected chi connectivity index (χ2v) is 18.3. The fraction of sp³-hybridized carbons (Fsp3) is 0.950. The van der Waals surface area contributed by atoms with E-state index in [-0.39, 0.29) is 42.3 Å². The van der Waals surface area contributed by atoms with E-state index in [1.165, 1.54) is 13.8 Å². The molecule has 0 saturated carbocycles. The third-order valence-electron chi connectivity index (χ3n) is 13.4. The average molecular weight is 735 g/mol. The van der Waals surface area contributed by atoms with E-state index >= 15 is 13.2 Å². The first-order chi connectivity index (χ1) is 23.2. The molecule has 0 radical (unpaired) electrons. The maximum Gasteiger partial charge on any atom is 0.400 e. The fourth-order valence-corrected chi connectivity index (χ4v) is 9.20. The molecule has 1 N–H and O–H groups in total. The molecule has 3 heterocycles. The predicted octanol–water partition coefficient (Wildman–Crippen LogP) is 8.76. The minimum absolute atomic E-state index is 0.0443. The predicted molar refractivity (Wildman–Crippen MR) is 189 cm³/mol. The molecule has 298 valence electrons. The molecule has 0 bridgehead atoms. The highest BCUT2D eigenvalue weighted by atomic mass is 19.4. The van der Waals surface area contributed by atoms with Crippen LogP contribution in [0.3, 0.4) is 0 Å². The van der Waals surface area contributed by atoms with Crippen LogP contribution in [-0.4, -0.2) is 72.2 Å². The molecule has 0 spiro atoms. The van der Waals surface area contributed by atoms with Crippen molar-refractivity contribution >= 4 is 11.8 Å². The number of aliphatic hydroxyl groups excluding tert-OH is 1. The van der Waals surface area contributed by atoms with E-state index in [0.717, 1.165) is 13.3 Å². The van der Waals surface area contributed by atoms with Gasteiger partial charge in [-0.05, 0) is 69.6 Å². The number of carbonyl (C=O) groups excluding carboxylic acids is 2. The molecule has 3 saturated heterocycles. The van der Waals surface area contributed by atoms with Crippen LogP contribution < -0.4 is 0 Å². The molecule has 2 unspecified atom stereocenters. The van der Waals surface area contributed by atoms with Crippen LogP contribution in [0.2, 0.25) is 0 Å². The van der Waals surface area contributed by atoms with E-state index in [2.05, 4.69) is 34.6 Å². The number of hydrogen-bond donors (Lipinski definition) is 1. The highest BCUT2D eigenvalue weighted by Crippen LogP contribution is 2.50. The van der Waals surface area contributed by atoms with Crippen molar-refractivity contribution in [2.24, 2.45) is 57.7 Å². The van der Waals surface area contributed by atoms with E-state index in [4.69, 9.17) is 23.7 Å². The molecule has 3 fully saturated rings. The van der Waals surface area contributed by atoms with Gasteiger partial charge in [-0.1, -0.05) is 76.2 Å². The lowest BCUT2D eigenvalue weighted by atomic mass is 9.67. The molecule has 3 aliphatic heterocycles. The number of aliphatic hydroxyl groups is 1. The lowest BCUT2D eigenvalue weighted by Crippen LogP contribution is -2.59. The number of Topliss-reactive ketones (excluding diaryl/α,β-unsaturated/α-hetero) is 1. The second-order valence-electron chi connectivity index (χ2n) is 18.3. The number of cyclic esters (lactones) is 1. The summed E-state index contributed by atoms with van der Waals surface area (Å²) in [6, 6.07) is 0. The highest BCUT2D eigenvalue weighted by molar-refractivity contribution is 5.83. The van der Waals surface area contributed by atoms with Crippen LogP contribution in [-0.2, 0) is 33.3 Å². The van der Waals surface area contributed by atoms with Gasteiger partial charge in [0.15, 0.2) is 12.6 Å². The Morgan fingerprint density at radius 1 is 0.824 bits per heavy atom. The van der Waals surface area contributed by atoms with E-state index in [1.807, 2.05) is 34.6 Å². The average Bonchev–Trinajstić information content (AvgIpc) is 3.02. The number of ether oxygens (including phenoxy) is 5. The summed E-state index contributed by atoms with van der Waals surface area (Å²) in [4.78, 5) is 28.1. The van der Waals surface area contributed by atoms with Crippen LogP contribution in [0.5, 0.6) is 0 Å². The highest BCUT2D eigenvalue weighted by Gasteiger charge is 2.63. The SMILES string of the molecule is CC[C@H]1OC(=O)[C@H](C)[C@@H](OC2CC(C)(C)[C@@H](C)[C@H](C)O2)[C@H](C)[C@@H](OC2O[C@H](C)C[C@H](C)[C@H]2C)C(C)(C)C[C@@H](C)C(=O)[C@H](C)[C@@H](O)[C@]1(C)C(F)(F)F. The van der Waals surface area contributed by atoms with Gasteiger partial charge in [0.1, 0.15) is 17.3 Å². The summed E-state index contributed by atoms with van der Waals surface area (Å²) in [6.07, 6.45) is -10.5. The van der Waals surface area contributed by atoms with E-state index in [9.17, 15) is 14.7 Å². The van der Waals surface area contributed by atoms with Crippen molar-refractivity contribution in [2.45, 2.75) is 185 Å². The van der Waals surface area contributed by atoms with Gasteiger partial charge < -0.3 is 28.8 Å². The molecule has 0 aromatic carbocycles. The molecule has 51 heavy (non-hydrogen) atoms. The van der Waals surface area contributed by atoms with E-state index < -0.39 is 89.4 Å². The summed E-state index contributed by atoms with van der Waals surface area (Å²) in [7, 11) is 0. The third kappa shape index (κ3) is 9.17. The Bertz CT molecular complexity index is 1190. The minimum Gasteiger partial charge on any atom is -0.461 e. The number of hydrogen-bond acceptors (Lipinski definition) is 8. The zero-order valence-corrected chi connectivity index (χ0v) is 33.9. The van der Waals surface area contributed by atoms with Gasteiger partial charge in [0, 0.05) is 30.1 Å². The fourth-order valence-electron chi connectivity index (χ4n) is 9.20. The van der Waals surface area contributed by atoms with Gasteiger partial charge in [0.25, 0.3) is 0 Å². The minimum atomic E-state index is -4.99. The van der Waals surface area contributed by atoms with Crippen molar-refractivity contribution in [2.75, 3.05) is 0 Å². The first kappa shape index (κ1) is 44.1. The van der Waals surface area contributed by atoms with Gasteiger partial charge in [0.2, 0.25) is 0 Å². The number of carbonyl (C=O) groups is 2. The lowest BCUT2D eigenvalue weighted by Gasteiger charge is -2.50. The zero-order chi connectivity index (χ0) is 39.2. The van der Waals surface area contributed by atoms with Crippen LogP contribution >= 0.6 is 0 Å². The van der Waals surface area contributed by atoms with Crippen molar-refractivity contribution < 1.29 is 51.6 Å². The van der Waals surface area contributed by atoms with Gasteiger partial charge in [-0.3, -0.25) is 9.59 Å². The standard InChI is InChI=1S/C40H69F3O8/c1-16-29-39(15,40(41,42)43)33(45)24(6)31(44)21(3)18-38(13,14)34(51-36-23(5)20(2)17-22(4)47-36)25(7)32(26(8)35(46)49-29)50-30-19-37(11,12)27(9)28(10)48-30/h20-30,32-34,36,45H,16-19H2,1-15H3/t20-,21+,22+,23+,24-,25-,26+,27-,28-,29+,30?,32-,33+,34+,36?,39+/m0/s1. The summed E-state index contributed by atoms with van der Waals surface area (Å²) in [5.74, 6) is -4.49. The van der Waals surface area contributed by atoms with Crippen LogP contribution in [0.1, 0.15) is 130 Å². The van der Waals surface area contributed by atoms with Crippen LogP contribution in [0.15, 0.2) is 0 Å². The van der Waals surface area contributed by atoms with Crippen molar-refractivity contribution in [1.29, 1.82) is 0 Å². The first-order valence-corrected chi connectivity index (χ1v) is 19.3. The molecule has 0 aromatic heterocycles. The summed E-state index contributed by atoms with van der Waals surface area (Å²) in [5.41, 5.74) is -3.84. The Hall–Kier alpha value is -1.27. The third-order valence-corrected chi connectivity index (χ3v) is 13.4. The van der Waals surface area contributed by atoms with Crippen LogP contribution in [0.4, 0.5) is 13.2 Å². The molecule has 0 aliphatic carbocycles. The molecule has 3 rings (SSSR count). The Labute approximate surface area is 305 Å². The van der Waals surface area contributed by atoms with Gasteiger partial charge in [0.05, 0.1) is 36.4 Å². The molecule has 3 aliphatic rings. The number of ketones is 1. The summed E-state index contributed by atoms with van der Waals surface area (Å²) in [5, 5.41) is 11.5. The molecule has 16 atom stereocenters.